The van der Waals surface area contributed by atoms with E-state index < -0.39 is 57.5 Å². The molecule has 0 amide bonds. The Morgan fingerprint density at radius 2 is 1.76 bits per heavy atom. The molecule has 1 saturated carbocycles. The van der Waals surface area contributed by atoms with Gasteiger partial charge in [0, 0.05) is 83.9 Å². The fraction of sp³-hybridized carbons (Fsp3) is 0.571. The van der Waals surface area contributed by atoms with Crippen molar-refractivity contribution in [1.82, 2.24) is 14.8 Å². The second-order valence-corrected chi connectivity index (χ2v) is 18.9. The van der Waals surface area contributed by atoms with Gasteiger partial charge in [0.05, 0.1) is 39.6 Å². The van der Waals surface area contributed by atoms with Crippen molar-refractivity contribution < 1.29 is 48.3 Å². The largest absolute Gasteiger partial charge is 0.496 e. The Balaban J connectivity index is 1.38. The molecule has 5 aliphatic heterocycles. The highest BCUT2D eigenvalue weighted by atomic mass is 16.6. The molecule has 14 nitrogen and oxygen atoms in total. The van der Waals surface area contributed by atoms with Gasteiger partial charge in [-0.05, 0) is 74.2 Å². The molecular formula is C49H62N4O10. The SMILES string of the molecule is C=CCOCN1c2cc(OC)c([C@@]3(C(=O)OC)C[C@@H]4CN(CCc5c3[nH]c3ccccc53)C[C@](O)(CC)C4)cc2[C@@]23CCN4CC=C[C@@](CC)([C@@H](OC(C)=O)[C@](O)(C(=O)OC)[C@H]12)[C@H]43. The van der Waals surface area contributed by atoms with Crippen LogP contribution < -0.4 is 9.64 Å². The van der Waals surface area contributed by atoms with Crippen molar-refractivity contribution in [3.8, 4) is 5.75 Å². The lowest BCUT2D eigenvalue weighted by Gasteiger charge is -2.63. The van der Waals surface area contributed by atoms with Gasteiger partial charge in [-0.1, -0.05) is 50.3 Å². The number of nitrogens with zero attached hydrogens (tertiary/aromatic N) is 3. The number of carbonyl (C=O) groups is 3. The summed E-state index contributed by atoms with van der Waals surface area (Å²) < 4.78 is 30.4. The number of para-hydroxylation sites is 1. The Morgan fingerprint density at radius 1 is 0.984 bits per heavy atom. The van der Waals surface area contributed by atoms with Crippen molar-refractivity contribution in [3.63, 3.8) is 0 Å². The van der Waals surface area contributed by atoms with Crippen molar-refractivity contribution in [2.75, 3.05) is 72.3 Å². The predicted molar refractivity (Wildman–Crippen MR) is 236 cm³/mol. The highest BCUT2D eigenvalue weighted by Crippen LogP contribution is 2.68. The summed E-state index contributed by atoms with van der Waals surface area (Å²) in [4.78, 5) is 53.7. The van der Waals surface area contributed by atoms with Crippen molar-refractivity contribution in [2.24, 2.45) is 11.3 Å². The lowest BCUT2D eigenvalue weighted by Crippen LogP contribution is -2.81. The second-order valence-electron chi connectivity index (χ2n) is 18.9. The van der Waals surface area contributed by atoms with Crippen LogP contribution in [0.3, 0.4) is 0 Å². The molecule has 3 aromatic rings. The number of anilines is 1. The average Bonchev–Trinajstić information content (AvgIpc) is 3.96. The number of benzene rings is 2. The Morgan fingerprint density at radius 3 is 2.46 bits per heavy atom. The monoisotopic (exact) mass is 866 g/mol. The summed E-state index contributed by atoms with van der Waals surface area (Å²) >= 11 is 0. The molecule has 1 unspecified atom stereocenters. The number of esters is 3. The van der Waals surface area contributed by atoms with E-state index in [1.807, 2.05) is 55.2 Å². The average molecular weight is 867 g/mol. The molecule has 2 aromatic carbocycles. The highest BCUT2D eigenvalue weighted by Gasteiger charge is 2.81. The van der Waals surface area contributed by atoms with Gasteiger partial charge in [0.2, 0.25) is 5.60 Å². The molecule has 1 aliphatic carbocycles. The summed E-state index contributed by atoms with van der Waals surface area (Å²) in [6.07, 6.45) is 7.29. The van der Waals surface area contributed by atoms with Crippen LogP contribution in [0.5, 0.6) is 5.75 Å². The number of H-pyrrole nitrogens is 1. The molecule has 3 N–H and O–H groups in total. The second kappa shape index (κ2) is 15.8. The summed E-state index contributed by atoms with van der Waals surface area (Å²) in [6, 6.07) is 10.7. The number of aromatic amines is 1. The zero-order valence-corrected chi connectivity index (χ0v) is 37.4. The molecule has 0 radical (unpaired) electrons. The lowest BCUT2D eigenvalue weighted by molar-refractivity contribution is -0.229. The normalized spacial score (nSPS) is 35.3. The van der Waals surface area contributed by atoms with Crippen LogP contribution in [0.25, 0.3) is 10.9 Å². The van der Waals surface area contributed by atoms with Crippen LogP contribution in [-0.2, 0) is 50.6 Å². The summed E-state index contributed by atoms with van der Waals surface area (Å²) in [6.45, 7) is 12.4. The van der Waals surface area contributed by atoms with Crippen LogP contribution in [0, 0.1) is 11.3 Å². The molecule has 338 valence electrons. The Labute approximate surface area is 369 Å². The third-order valence-electron chi connectivity index (χ3n) is 15.9. The van der Waals surface area contributed by atoms with E-state index in [4.69, 9.17) is 23.7 Å². The maximum atomic E-state index is 15.5. The van der Waals surface area contributed by atoms with Gasteiger partial charge in [-0.25, -0.2) is 4.79 Å². The number of methoxy groups -OCH3 is 3. The summed E-state index contributed by atoms with van der Waals surface area (Å²) in [7, 11) is 4.25. The van der Waals surface area contributed by atoms with Gasteiger partial charge < -0.3 is 43.8 Å². The van der Waals surface area contributed by atoms with Gasteiger partial charge in [-0.3, -0.25) is 19.4 Å². The first-order valence-electron chi connectivity index (χ1n) is 22.5. The first-order valence-corrected chi connectivity index (χ1v) is 22.5. The minimum Gasteiger partial charge on any atom is -0.496 e. The van der Waals surface area contributed by atoms with E-state index in [0.29, 0.717) is 88.2 Å². The highest BCUT2D eigenvalue weighted by molar-refractivity contribution is 5.95. The minimum atomic E-state index is -2.41. The van der Waals surface area contributed by atoms with Gasteiger partial charge in [0.25, 0.3) is 0 Å². The number of hydrogen-bond donors (Lipinski definition) is 3. The minimum absolute atomic E-state index is 0.0659. The van der Waals surface area contributed by atoms with Gasteiger partial charge in [-0.15, -0.1) is 6.58 Å². The van der Waals surface area contributed by atoms with Gasteiger partial charge in [-0.2, -0.15) is 0 Å². The van der Waals surface area contributed by atoms with Gasteiger partial charge >= 0.3 is 17.9 Å². The number of piperidine rings is 1. The summed E-state index contributed by atoms with van der Waals surface area (Å²) in [5, 5.41) is 26.7. The first-order chi connectivity index (χ1) is 30.3. The van der Waals surface area contributed by atoms with Crippen LogP contribution >= 0.6 is 0 Å². The summed E-state index contributed by atoms with van der Waals surface area (Å²) in [5.41, 5.74) is -2.23. The number of carbonyl (C=O) groups excluding carboxylic acids is 3. The molecule has 3 fully saturated rings. The number of fused-ring (bicyclic) bond motifs is 6. The molecule has 2 saturated heterocycles. The third-order valence-corrected chi connectivity index (χ3v) is 15.9. The topological polar surface area (TPSA) is 163 Å². The fourth-order valence-corrected chi connectivity index (χ4v) is 13.7. The van der Waals surface area contributed by atoms with Crippen LogP contribution in [0.15, 0.2) is 61.2 Å². The molecule has 1 spiro atoms. The number of hydrogen-bond acceptors (Lipinski definition) is 13. The summed E-state index contributed by atoms with van der Waals surface area (Å²) in [5.74, 6) is -1.75. The van der Waals surface area contributed by atoms with Gasteiger partial charge in [0.1, 0.15) is 17.9 Å². The fourth-order valence-electron chi connectivity index (χ4n) is 13.7. The van der Waals surface area contributed by atoms with Crippen molar-refractivity contribution in [2.45, 2.75) is 99.5 Å². The number of rotatable bonds is 11. The van der Waals surface area contributed by atoms with E-state index in [0.717, 1.165) is 27.7 Å². The van der Waals surface area contributed by atoms with Crippen molar-refractivity contribution in [1.29, 1.82) is 0 Å². The number of aliphatic hydroxyl groups is 2. The quantitative estimate of drug-likeness (QED) is 0.107. The van der Waals surface area contributed by atoms with E-state index in [-0.39, 0.29) is 25.3 Å². The third kappa shape index (κ3) is 6.03. The first kappa shape index (κ1) is 43.5. The Bertz CT molecular complexity index is 2360. The Hall–Kier alpha value is -4.73. The van der Waals surface area contributed by atoms with Crippen molar-refractivity contribution in [3.05, 3.63) is 83.6 Å². The van der Waals surface area contributed by atoms with Crippen LogP contribution in [0.4, 0.5) is 5.69 Å². The number of ether oxygens (including phenoxy) is 5. The van der Waals surface area contributed by atoms with E-state index >= 15 is 4.79 Å². The van der Waals surface area contributed by atoms with E-state index in [1.54, 1.807) is 13.2 Å². The molecule has 6 heterocycles. The van der Waals surface area contributed by atoms with Crippen molar-refractivity contribution >= 4 is 34.5 Å². The van der Waals surface area contributed by atoms with Crippen LogP contribution in [0.1, 0.15) is 75.3 Å². The number of nitrogens with one attached hydrogen (secondary N) is 1. The lowest BCUT2D eigenvalue weighted by atomic mass is 9.47. The Kier molecular flexibility index (Phi) is 10.9. The molecular weight excluding hydrogens is 805 g/mol. The standard InChI is InChI=1S/C49H62N4O10/c1-8-22-62-29-53-37-24-38(59-5)35(23-34(37)47-18-21-52-19-13-17-46(10-3,40(47)52)42(63-30(4)54)49(58,41(47)53)44(56)61-7)48(43(55)60-6)26-31-25-45(57,9-2)28-51(27-31)20-16-33-32-14-11-12-15-36(32)50-39(33)48/h8,11-15,17,23-24,31,40-42,50,57-58H,1,9-10,16,18-22,25-29H2,2-7H3/t31-,40+,41-,42-,45+,46-,47-,48+,49+/m1/s1. The smallest absolute Gasteiger partial charge is 0.344 e. The maximum Gasteiger partial charge on any atom is 0.344 e. The molecule has 9 rings (SSSR count). The molecule has 6 aliphatic rings. The predicted octanol–water partition coefficient (Wildman–Crippen LogP) is 4.52. The molecule has 10 atom stereocenters. The molecule has 63 heavy (non-hydrogen) atoms. The molecule has 2 bridgehead atoms. The molecule has 14 heteroatoms. The maximum absolute atomic E-state index is 15.5. The van der Waals surface area contributed by atoms with E-state index in [1.165, 1.54) is 21.1 Å². The van der Waals surface area contributed by atoms with Gasteiger partial charge in [0.15, 0.2) is 6.10 Å². The van der Waals surface area contributed by atoms with Crippen LogP contribution in [0.2, 0.25) is 0 Å². The zero-order valence-electron chi connectivity index (χ0n) is 37.4. The van der Waals surface area contributed by atoms with E-state index in [9.17, 15) is 19.8 Å². The number of aromatic nitrogens is 1. The zero-order chi connectivity index (χ0) is 44.7. The van der Waals surface area contributed by atoms with Crippen LogP contribution in [-0.4, -0.2) is 140 Å². The molecule has 1 aromatic heterocycles. The van der Waals surface area contributed by atoms with E-state index in [2.05, 4.69) is 33.5 Å².